The maximum Gasteiger partial charge on any atom is 0.339 e. The van der Waals surface area contributed by atoms with Crippen LogP contribution in [0.2, 0.25) is 5.02 Å². The Balaban J connectivity index is 2.42. The predicted octanol–water partition coefficient (Wildman–Crippen LogP) is 4.33. The van der Waals surface area contributed by atoms with Crippen LogP contribution in [0.3, 0.4) is 0 Å². The van der Waals surface area contributed by atoms with Gasteiger partial charge < -0.3 is 4.18 Å². The van der Waals surface area contributed by atoms with Gasteiger partial charge in [-0.2, -0.15) is 8.42 Å². The van der Waals surface area contributed by atoms with Crippen molar-refractivity contribution in [2.45, 2.75) is 43.4 Å². The van der Waals surface area contributed by atoms with Crippen molar-refractivity contribution in [3.63, 3.8) is 0 Å². The van der Waals surface area contributed by atoms with Crippen LogP contribution in [0.25, 0.3) is 0 Å². The fourth-order valence-electron chi connectivity index (χ4n) is 2.34. The van der Waals surface area contributed by atoms with Crippen LogP contribution in [0.5, 0.6) is 5.75 Å². The zero-order valence-electron chi connectivity index (χ0n) is 15.0. The Kier molecular flexibility index (Phi) is 6.05. The summed E-state index contributed by atoms with van der Waals surface area (Å²) in [6.07, 6.45) is 0. The highest BCUT2D eigenvalue weighted by Crippen LogP contribution is 2.33. The molecule has 0 saturated carbocycles. The highest BCUT2D eigenvalue weighted by Gasteiger charge is 2.22. The van der Waals surface area contributed by atoms with Crippen molar-refractivity contribution in [3.05, 3.63) is 52.5 Å². The molecule has 0 fully saturated rings. The molecule has 142 valence electrons. The molecule has 8 heteroatoms. The van der Waals surface area contributed by atoms with Gasteiger partial charge in [0.15, 0.2) is 9.84 Å². The van der Waals surface area contributed by atoms with E-state index < -0.39 is 20.0 Å². The number of hydrogen-bond donors (Lipinski definition) is 0. The first-order valence-corrected chi connectivity index (χ1v) is 11.5. The van der Waals surface area contributed by atoms with E-state index in [2.05, 4.69) is 0 Å². The van der Waals surface area contributed by atoms with Gasteiger partial charge in [-0.05, 0) is 60.4 Å². The summed E-state index contributed by atoms with van der Waals surface area (Å²) in [5.41, 5.74) is 1.38. The van der Waals surface area contributed by atoms with E-state index in [0.29, 0.717) is 16.1 Å². The van der Waals surface area contributed by atoms with Crippen LogP contribution in [-0.2, 0) is 20.0 Å². The molecule has 0 amide bonds. The van der Waals surface area contributed by atoms with Gasteiger partial charge in [-0.15, -0.1) is 0 Å². The molecule has 5 nitrogen and oxygen atoms in total. The van der Waals surface area contributed by atoms with Crippen LogP contribution >= 0.6 is 11.6 Å². The number of rotatable bonds is 6. The fourth-order valence-corrected chi connectivity index (χ4v) is 4.34. The first-order valence-electron chi connectivity index (χ1n) is 8.05. The molecule has 0 bridgehead atoms. The Labute approximate surface area is 160 Å². The normalized spacial score (nSPS) is 12.4. The van der Waals surface area contributed by atoms with Crippen molar-refractivity contribution >= 4 is 31.6 Å². The minimum atomic E-state index is -4.11. The molecule has 0 aromatic heterocycles. The SMILES string of the molecule is CCS(=O)(=O)c1ccc(S(=O)(=O)Oc2cc(C)c(Cl)cc2C(C)C)cc1. The molecule has 2 aromatic rings. The first kappa shape index (κ1) is 20.7. The summed E-state index contributed by atoms with van der Waals surface area (Å²) in [5.74, 6) is 0.166. The van der Waals surface area contributed by atoms with Crippen LogP contribution in [0.15, 0.2) is 46.2 Å². The zero-order chi connectivity index (χ0) is 19.7. The molecule has 0 aliphatic rings. The summed E-state index contributed by atoms with van der Waals surface area (Å²) in [6.45, 7) is 7.10. The van der Waals surface area contributed by atoms with E-state index in [9.17, 15) is 16.8 Å². The Morgan fingerprint density at radius 3 is 2.04 bits per heavy atom. The summed E-state index contributed by atoms with van der Waals surface area (Å²) in [5, 5.41) is 0.535. The maximum atomic E-state index is 12.6. The van der Waals surface area contributed by atoms with Gasteiger partial charge in [0.2, 0.25) is 0 Å². The fraction of sp³-hybridized carbons (Fsp3) is 0.333. The van der Waals surface area contributed by atoms with Crippen LogP contribution in [0.4, 0.5) is 0 Å². The third-order valence-electron chi connectivity index (χ3n) is 3.96. The Bertz CT molecular complexity index is 1010. The van der Waals surface area contributed by atoms with Crippen molar-refractivity contribution in [3.8, 4) is 5.75 Å². The third kappa shape index (κ3) is 4.39. The molecule has 0 atom stereocenters. The van der Waals surface area contributed by atoms with Gasteiger partial charge >= 0.3 is 10.1 Å². The number of aryl methyl sites for hydroxylation is 1. The lowest BCUT2D eigenvalue weighted by Crippen LogP contribution is -2.12. The van der Waals surface area contributed by atoms with Gasteiger partial charge in [0.05, 0.1) is 10.6 Å². The van der Waals surface area contributed by atoms with Crippen molar-refractivity contribution in [2.75, 3.05) is 5.75 Å². The lowest BCUT2D eigenvalue weighted by Gasteiger charge is -2.16. The van der Waals surface area contributed by atoms with Crippen LogP contribution in [0, 0.1) is 6.92 Å². The molecule has 0 radical (unpaired) electrons. The minimum Gasteiger partial charge on any atom is -0.379 e. The molecule has 2 rings (SSSR count). The van der Waals surface area contributed by atoms with Gasteiger partial charge in [-0.1, -0.05) is 32.4 Å². The van der Waals surface area contributed by atoms with Gasteiger partial charge in [0.25, 0.3) is 0 Å². The Hall–Kier alpha value is -1.57. The molecular weight excluding hydrogens is 396 g/mol. The zero-order valence-corrected chi connectivity index (χ0v) is 17.4. The first-order chi connectivity index (χ1) is 12.0. The monoisotopic (exact) mass is 416 g/mol. The Morgan fingerprint density at radius 2 is 1.54 bits per heavy atom. The highest BCUT2D eigenvalue weighted by atomic mass is 35.5. The second kappa shape index (κ2) is 7.58. The second-order valence-electron chi connectivity index (χ2n) is 6.21. The van der Waals surface area contributed by atoms with E-state index in [-0.39, 0.29) is 27.2 Å². The quantitative estimate of drug-likeness (QED) is 0.655. The van der Waals surface area contributed by atoms with Gasteiger partial charge in [0.1, 0.15) is 10.6 Å². The van der Waals surface area contributed by atoms with Gasteiger partial charge in [0, 0.05) is 5.02 Å². The summed E-state index contributed by atoms with van der Waals surface area (Å²) < 4.78 is 54.2. The van der Waals surface area contributed by atoms with E-state index >= 15 is 0 Å². The largest absolute Gasteiger partial charge is 0.379 e. The summed E-state index contributed by atoms with van der Waals surface area (Å²) >= 11 is 6.13. The average molecular weight is 417 g/mol. The predicted molar refractivity (Wildman–Crippen MR) is 102 cm³/mol. The van der Waals surface area contributed by atoms with Gasteiger partial charge in [-0.3, -0.25) is 0 Å². The minimum absolute atomic E-state index is 0.00960. The van der Waals surface area contributed by atoms with E-state index in [1.165, 1.54) is 31.2 Å². The summed E-state index contributed by atoms with van der Waals surface area (Å²) in [4.78, 5) is -0.0426. The lowest BCUT2D eigenvalue weighted by atomic mass is 10.0. The molecule has 0 unspecified atom stereocenters. The maximum absolute atomic E-state index is 12.6. The number of hydrogen-bond acceptors (Lipinski definition) is 5. The number of sulfone groups is 1. The van der Waals surface area contributed by atoms with Crippen LogP contribution in [0.1, 0.15) is 37.8 Å². The lowest BCUT2D eigenvalue weighted by molar-refractivity contribution is 0.481. The van der Waals surface area contributed by atoms with E-state index in [1.807, 2.05) is 13.8 Å². The van der Waals surface area contributed by atoms with E-state index in [4.69, 9.17) is 15.8 Å². The molecule has 0 aliphatic heterocycles. The average Bonchev–Trinajstić information content (AvgIpc) is 2.57. The standard InChI is InChI=1S/C18H21ClO5S2/c1-5-25(20,21)14-6-8-15(9-7-14)26(22,23)24-18-10-13(4)17(19)11-16(18)12(2)3/h6-12H,5H2,1-4H3. The van der Waals surface area contributed by atoms with Crippen molar-refractivity contribution < 1.29 is 21.0 Å². The van der Waals surface area contributed by atoms with E-state index in [0.717, 1.165) is 0 Å². The topological polar surface area (TPSA) is 77.5 Å². The van der Waals surface area contributed by atoms with Gasteiger partial charge in [-0.25, -0.2) is 8.42 Å². The van der Waals surface area contributed by atoms with Crippen molar-refractivity contribution in [1.29, 1.82) is 0 Å². The molecule has 26 heavy (non-hydrogen) atoms. The number of halogens is 1. The van der Waals surface area contributed by atoms with Crippen LogP contribution in [-0.4, -0.2) is 22.6 Å². The third-order valence-corrected chi connectivity index (χ3v) is 7.37. The highest BCUT2D eigenvalue weighted by molar-refractivity contribution is 7.91. The molecule has 0 saturated heterocycles. The molecule has 2 aromatic carbocycles. The van der Waals surface area contributed by atoms with Crippen LogP contribution < -0.4 is 4.18 Å². The summed E-state index contributed by atoms with van der Waals surface area (Å²) in [7, 11) is -7.50. The van der Waals surface area contributed by atoms with Crippen molar-refractivity contribution in [2.24, 2.45) is 0 Å². The number of benzene rings is 2. The molecule has 0 spiro atoms. The van der Waals surface area contributed by atoms with Crippen molar-refractivity contribution in [1.82, 2.24) is 0 Å². The smallest absolute Gasteiger partial charge is 0.339 e. The molecule has 0 aliphatic carbocycles. The summed E-state index contributed by atoms with van der Waals surface area (Å²) in [6, 6.07) is 8.29. The molecule has 0 heterocycles. The second-order valence-corrected chi connectivity index (χ2v) is 10.4. The van der Waals surface area contributed by atoms with E-state index in [1.54, 1.807) is 19.1 Å². The Morgan fingerprint density at radius 1 is 1.00 bits per heavy atom. The molecule has 0 N–H and O–H groups in total. The molecular formula is C18H21ClO5S2.